The lowest BCUT2D eigenvalue weighted by Crippen LogP contribution is -2.66. The lowest BCUT2D eigenvalue weighted by atomic mass is 9.42. The van der Waals surface area contributed by atoms with Gasteiger partial charge in [-0.3, -0.25) is 4.79 Å². The Morgan fingerprint density at radius 2 is 1.84 bits per heavy atom. The van der Waals surface area contributed by atoms with E-state index in [1.807, 2.05) is 0 Å². The van der Waals surface area contributed by atoms with Crippen LogP contribution in [0, 0.1) is 28.6 Å². The first-order valence-electron chi connectivity index (χ1n) is 10.0. The summed E-state index contributed by atoms with van der Waals surface area (Å²) in [4.78, 5) is 11.8. The molecule has 4 aliphatic carbocycles. The standard InChI is InChI=1S/C20H30O5/c1-17-6-5-15-18-7-4-12(21)10-19(18,24)8-9-20(15,25-11-18)14(17)3-2-13(17)16(22)23/h12-15,21,24H,2-11H2,1H3,(H,22,23)/t12-,13+,14+,15+,17+,18-,19-,20+/m0/s1. The molecule has 0 unspecified atom stereocenters. The van der Waals surface area contributed by atoms with Crippen LogP contribution in [0.15, 0.2) is 0 Å². The van der Waals surface area contributed by atoms with Crippen LogP contribution in [0.1, 0.15) is 64.7 Å². The van der Waals surface area contributed by atoms with Crippen molar-refractivity contribution in [1.29, 1.82) is 0 Å². The Bertz CT molecular complexity index is 621. The van der Waals surface area contributed by atoms with E-state index >= 15 is 0 Å². The lowest BCUT2D eigenvalue weighted by Gasteiger charge is -2.63. The van der Waals surface area contributed by atoms with E-state index in [2.05, 4.69) is 6.92 Å². The van der Waals surface area contributed by atoms with Gasteiger partial charge in [0.2, 0.25) is 0 Å². The molecule has 1 aliphatic heterocycles. The van der Waals surface area contributed by atoms with E-state index in [9.17, 15) is 20.1 Å². The highest BCUT2D eigenvalue weighted by atomic mass is 16.5. The maximum Gasteiger partial charge on any atom is 0.307 e. The van der Waals surface area contributed by atoms with E-state index in [0.29, 0.717) is 25.4 Å². The molecule has 2 bridgehead atoms. The molecule has 0 aromatic rings. The van der Waals surface area contributed by atoms with Crippen molar-refractivity contribution in [2.24, 2.45) is 28.6 Å². The Morgan fingerprint density at radius 3 is 2.60 bits per heavy atom. The summed E-state index contributed by atoms with van der Waals surface area (Å²) in [6, 6.07) is 0. The fourth-order valence-electron chi connectivity index (χ4n) is 8.27. The van der Waals surface area contributed by atoms with E-state index in [-0.39, 0.29) is 28.3 Å². The molecule has 1 saturated heterocycles. The van der Waals surface area contributed by atoms with E-state index in [1.54, 1.807) is 0 Å². The first-order chi connectivity index (χ1) is 11.8. The van der Waals surface area contributed by atoms with Gasteiger partial charge in [0.1, 0.15) is 0 Å². The van der Waals surface area contributed by atoms with Crippen molar-refractivity contribution < 1.29 is 24.9 Å². The first-order valence-corrected chi connectivity index (χ1v) is 10.0. The maximum atomic E-state index is 11.8. The van der Waals surface area contributed by atoms with Crippen LogP contribution in [0.4, 0.5) is 0 Å². The number of rotatable bonds is 1. The van der Waals surface area contributed by atoms with E-state index in [4.69, 9.17) is 4.74 Å². The van der Waals surface area contributed by atoms with Gasteiger partial charge in [0.15, 0.2) is 0 Å². The van der Waals surface area contributed by atoms with Gasteiger partial charge >= 0.3 is 5.97 Å². The molecule has 140 valence electrons. The predicted molar refractivity (Wildman–Crippen MR) is 89.8 cm³/mol. The van der Waals surface area contributed by atoms with Crippen LogP contribution >= 0.6 is 0 Å². The molecule has 0 aromatic carbocycles. The monoisotopic (exact) mass is 350 g/mol. The molecule has 1 spiro atoms. The van der Waals surface area contributed by atoms with Crippen molar-refractivity contribution in [1.82, 2.24) is 0 Å². The number of carboxylic acid groups (broad SMARTS) is 1. The second-order valence-electron chi connectivity index (χ2n) is 9.95. The average Bonchev–Trinajstić information content (AvgIpc) is 3.03. The van der Waals surface area contributed by atoms with E-state index in [0.717, 1.165) is 44.9 Å². The summed E-state index contributed by atoms with van der Waals surface area (Å²) in [6.07, 6.45) is 6.72. The fourth-order valence-corrected chi connectivity index (χ4v) is 8.27. The molecule has 25 heavy (non-hydrogen) atoms. The minimum Gasteiger partial charge on any atom is -0.481 e. The number of aliphatic hydroxyl groups excluding tert-OH is 1. The van der Waals surface area contributed by atoms with Crippen LogP contribution < -0.4 is 0 Å². The highest BCUT2D eigenvalue weighted by Crippen LogP contribution is 2.74. The molecule has 5 nitrogen and oxygen atoms in total. The van der Waals surface area contributed by atoms with Gasteiger partial charge in [0, 0.05) is 11.8 Å². The van der Waals surface area contributed by atoms with Crippen LogP contribution in [0.25, 0.3) is 0 Å². The summed E-state index contributed by atoms with van der Waals surface area (Å²) in [6.45, 7) is 2.76. The van der Waals surface area contributed by atoms with Gasteiger partial charge in [-0.05, 0) is 68.6 Å². The summed E-state index contributed by atoms with van der Waals surface area (Å²) >= 11 is 0. The molecule has 4 saturated carbocycles. The van der Waals surface area contributed by atoms with Crippen molar-refractivity contribution >= 4 is 5.97 Å². The molecule has 3 N–H and O–H groups in total. The number of carboxylic acids is 1. The maximum absolute atomic E-state index is 11.8. The minimum atomic E-state index is -0.812. The molecule has 5 aliphatic rings. The van der Waals surface area contributed by atoms with Gasteiger partial charge in [-0.2, -0.15) is 0 Å². The van der Waals surface area contributed by atoms with E-state index < -0.39 is 17.7 Å². The number of fused-ring (bicyclic) bond motifs is 1. The molecular weight excluding hydrogens is 320 g/mol. The number of ether oxygens (including phenoxy) is 1. The smallest absolute Gasteiger partial charge is 0.307 e. The molecule has 0 aromatic heterocycles. The fraction of sp³-hybridized carbons (Fsp3) is 0.950. The normalized spacial score (nSPS) is 59.8. The third-order valence-corrected chi connectivity index (χ3v) is 9.40. The average molecular weight is 350 g/mol. The predicted octanol–water partition coefficient (Wildman–Crippen LogP) is 2.34. The summed E-state index contributed by atoms with van der Waals surface area (Å²) < 4.78 is 6.60. The van der Waals surface area contributed by atoms with Crippen molar-refractivity contribution in [2.75, 3.05) is 6.61 Å². The lowest BCUT2D eigenvalue weighted by molar-refractivity contribution is -0.216. The second kappa shape index (κ2) is 4.79. The molecule has 5 rings (SSSR count). The van der Waals surface area contributed by atoms with Crippen LogP contribution in [0.3, 0.4) is 0 Å². The van der Waals surface area contributed by atoms with Gasteiger partial charge in [-0.25, -0.2) is 0 Å². The summed E-state index contributed by atoms with van der Waals surface area (Å²) in [5.41, 5.74) is -1.47. The topological polar surface area (TPSA) is 87.0 Å². The molecule has 0 radical (unpaired) electrons. The third kappa shape index (κ3) is 1.73. The highest BCUT2D eigenvalue weighted by molar-refractivity contribution is 5.71. The highest BCUT2D eigenvalue weighted by Gasteiger charge is 2.76. The minimum absolute atomic E-state index is 0.183. The molecular formula is C20H30O5. The summed E-state index contributed by atoms with van der Waals surface area (Å²) in [5.74, 6) is -0.310. The molecule has 0 amide bonds. The van der Waals surface area contributed by atoms with Gasteiger partial charge in [0.25, 0.3) is 0 Å². The summed E-state index contributed by atoms with van der Waals surface area (Å²) in [5, 5.41) is 31.4. The van der Waals surface area contributed by atoms with Gasteiger partial charge in [0.05, 0.1) is 29.8 Å². The zero-order chi connectivity index (χ0) is 17.7. The molecule has 5 heteroatoms. The first kappa shape index (κ1) is 16.5. The summed E-state index contributed by atoms with van der Waals surface area (Å²) in [7, 11) is 0. The van der Waals surface area contributed by atoms with Crippen molar-refractivity contribution in [2.45, 2.75) is 82.0 Å². The largest absolute Gasteiger partial charge is 0.481 e. The number of hydrogen-bond acceptors (Lipinski definition) is 4. The van der Waals surface area contributed by atoms with Crippen molar-refractivity contribution in [3.8, 4) is 0 Å². The Morgan fingerprint density at radius 1 is 1.04 bits per heavy atom. The quantitative estimate of drug-likeness (QED) is 0.676. The number of carbonyl (C=O) groups is 1. The number of aliphatic carboxylic acids is 1. The van der Waals surface area contributed by atoms with Gasteiger partial charge < -0.3 is 20.1 Å². The Balaban J connectivity index is 1.56. The zero-order valence-electron chi connectivity index (χ0n) is 15.0. The second-order valence-corrected chi connectivity index (χ2v) is 9.95. The van der Waals surface area contributed by atoms with Crippen LogP contribution in [0.5, 0.6) is 0 Å². The van der Waals surface area contributed by atoms with Crippen LogP contribution in [-0.2, 0) is 9.53 Å². The zero-order valence-corrected chi connectivity index (χ0v) is 15.0. The SMILES string of the molecule is C[C@]12CC[C@H]3[C@@]4(CC[C@]5(O)C[C@@H](O)CC[C@]35CO4)[C@@H]1CC[C@@H]2C(=O)O. The van der Waals surface area contributed by atoms with Crippen LogP contribution in [-0.4, -0.2) is 45.2 Å². The van der Waals surface area contributed by atoms with E-state index in [1.165, 1.54) is 0 Å². The number of aliphatic hydroxyl groups is 2. The van der Waals surface area contributed by atoms with Gasteiger partial charge in [-0.1, -0.05) is 6.92 Å². The Hall–Kier alpha value is -0.650. The third-order valence-electron chi connectivity index (χ3n) is 9.40. The Labute approximate surface area is 148 Å². The molecule has 8 atom stereocenters. The van der Waals surface area contributed by atoms with Crippen molar-refractivity contribution in [3.05, 3.63) is 0 Å². The molecule has 1 heterocycles. The van der Waals surface area contributed by atoms with Crippen molar-refractivity contribution in [3.63, 3.8) is 0 Å². The molecule has 5 fully saturated rings. The van der Waals surface area contributed by atoms with Gasteiger partial charge in [-0.15, -0.1) is 0 Å². The number of hydrogen-bond donors (Lipinski definition) is 3. The van der Waals surface area contributed by atoms with Crippen LogP contribution in [0.2, 0.25) is 0 Å². The Kier molecular flexibility index (Phi) is 3.16.